The van der Waals surface area contributed by atoms with E-state index in [-0.39, 0.29) is 5.91 Å². The van der Waals surface area contributed by atoms with Crippen molar-refractivity contribution >= 4 is 29.1 Å². The number of ether oxygens (including phenoxy) is 1. The molecule has 1 aliphatic rings. The summed E-state index contributed by atoms with van der Waals surface area (Å²) in [5, 5.41) is 3.32. The summed E-state index contributed by atoms with van der Waals surface area (Å²) in [5.74, 6) is 1.41. The predicted molar refractivity (Wildman–Crippen MR) is 98.6 cm³/mol. The van der Waals surface area contributed by atoms with Gasteiger partial charge < -0.3 is 15.0 Å². The molecule has 0 bridgehead atoms. The Morgan fingerprint density at radius 2 is 2.24 bits per heavy atom. The number of piperidine rings is 1. The molecule has 1 aromatic heterocycles. The minimum atomic E-state index is -0.325. The van der Waals surface area contributed by atoms with Gasteiger partial charge in [-0.25, -0.2) is 9.97 Å². The Labute approximate surface area is 152 Å². The Morgan fingerprint density at radius 1 is 1.40 bits per heavy atom. The van der Waals surface area contributed by atoms with E-state index in [0.29, 0.717) is 34.0 Å². The van der Waals surface area contributed by atoms with Crippen molar-refractivity contribution in [2.75, 3.05) is 30.4 Å². The molecule has 1 unspecified atom stereocenters. The van der Waals surface area contributed by atoms with E-state index in [9.17, 15) is 4.79 Å². The Hall–Kier alpha value is -2.34. The molecule has 1 saturated heterocycles. The fourth-order valence-corrected chi connectivity index (χ4v) is 3.13. The van der Waals surface area contributed by atoms with E-state index in [1.807, 2.05) is 0 Å². The zero-order valence-corrected chi connectivity index (χ0v) is 15.1. The first-order chi connectivity index (χ1) is 12.1. The van der Waals surface area contributed by atoms with Crippen molar-refractivity contribution in [1.29, 1.82) is 0 Å². The molecule has 6 nitrogen and oxygen atoms in total. The lowest BCUT2D eigenvalue weighted by Crippen LogP contribution is -2.35. The highest BCUT2D eigenvalue weighted by atomic mass is 35.5. The van der Waals surface area contributed by atoms with Gasteiger partial charge in [-0.15, -0.1) is 0 Å². The zero-order valence-electron chi connectivity index (χ0n) is 14.3. The molecule has 1 atom stereocenters. The molecule has 1 amide bonds. The normalized spacial score (nSPS) is 17.2. The summed E-state index contributed by atoms with van der Waals surface area (Å²) in [7, 11) is 1.54. The third kappa shape index (κ3) is 4.20. The maximum atomic E-state index is 12.6. The number of aromatic nitrogens is 2. The van der Waals surface area contributed by atoms with E-state index < -0.39 is 0 Å². The van der Waals surface area contributed by atoms with Crippen LogP contribution in [0.4, 0.5) is 11.6 Å². The first-order valence-electron chi connectivity index (χ1n) is 8.29. The van der Waals surface area contributed by atoms with E-state index >= 15 is 0 Å². The van der Waals surface area contributed by atoms with Gasteiger partial charge in [0.25, 0.3) is 5.91 Å². The van der Waals surface area contributed by atoms with E-state index in [1.165, 1.54) is 6.42 Å². The molecule has 2 heterocycles. The molecule has 0 aliphatic carbocycles. The molecule has 1 aliphatic heterocycles. The summed E-state index contributed by atoms with van der Waals surface area (Å²) in [4.78, 5) is 23.5. The van der Waals surface area contributed by atoms with Crippen LogP contribution in [0.2, 0.25) is 5.02 Å². The fraction of sp³-hybridized carbons (Fsp3) is 0.389. The van der Waals surface area contributed by atoms with E-state index in [0.717, 1.165) is 19.5 Å². The largest absolute Gasteiger partial charge is 0.495 e. The number of rotatable bonds is 4. The second-order valence-corrected chi connectivity index (χ2v) is 6.67. The number of methoxy groups -OCH3 is 1. The third-order valence-corrected chi connectivity index (χ3v) is 4.46. The molecule has 1 fully saturated rings. The van der Waals surface area contributed by atoms with Crippen molar-refractivity contribution in [2.24, 2.45) is 5.92 Å². The van der Waals surface area contributed by atoms with Crippen LogP contribution in [-0.4, -0.2) is 36.1 Å². The van der Waals surface area contributed by atoms with Crippen molar-refractivity contribution in [3.63, 3.8) is 0 Å². The third-order valence-electron chi connectivity index (χ3n) is 4.23. The summed E-state index contributed by atoms with van der Waals surface area (Å²) in [6.45, 7) is 4.04. The number of nitrogens with one attached hydrogen (secondary N) is 1. The van der Waals surface area contributed by atoms with Crippen molar-refractivity contribution in [3.05, 3.63) is 41.2 Å². The first-order valence-corrected chi connectivity index (χ1v) is 8.67. The summed E-state index contributed by atoms with van der Waals surface area (Å²) in [6.07, 6.45) is 3.94. The number of amides is 1. The van der Waals surface area contributed by atoms with E-state index in [2.05, 4.69) is 27.1 Å². The lowest BCUT2D eigenvalue weighted by atomic mass is 10.0. The highest BCUT2D eigenvalue weighted by Gasteiger charge is 2.20. The highest BCUT2D eigenvalue weighted by Crippen LogP contribution is 2.28. The van der Waals surface area contributed by atoms with Gasteiger partial charge in [0.15, 0.2) is 0 Å². The van der Waals surface area contributed by atoms with Crippen LogP contribution in [0, 0.1) is 5.92 Å². The van der Waals surface area contributed by atoms with Gasteiger partial charge in [0.05, 0.1) is 12.8 Å². The Kier molecular flexibility index (Phi) is 5.38. The molecule has 1 N–H and O–H groups in total. The quantitative estimate of drug-likeness (QED) is 0.901. The standard InChI is InChI=1S/C18H21ClN4O2/c1-12-4-3-9-23(11-12)18-20-8-7-14(22-18)17(24)21-15-10-13(19)5-6-16(15)25-2/h5-8,10,12H,3-4,9,11H2,1-2H3,(H,21,24). The molecule has 0 saturated carbocycles. The minimum Gasteiger partial charge on any atom is -0.495 e. The molecular weight excluding hydrogens is 340 g/mol. The number of carbonyl (C=O) groups excluding carboxylic acids is 1. The molecule has 132 valence electrons. The van der Waals surface area contributed by atoms with Crippen LogP contribution in [-0.2, 0) is 0 Å². The van der Waals surface area contributed by atoms with Crippen LogP contribution >= 0.6 is 11.6 Å². The van der Waals surface area contributed by atoms with Gasteiger partial charge in [0, 0.05) is 24.3 Å². The van der Waals surface area contributed by atoms with Crippen LogP contribution in [0.1, 0.15) is 30.3 Å². The van der Waals surface area contributed by atoms with E-state index in [4.69, 9.17) is 16.3 Å². The number of hydrogen-bond acceptors (Lipinski definition) is 5. The topological polar surface area (TPSA) is 67.3 Å². The van der Waals surface area contributed by atoms with Gasteiger partial charge in [-0.3, -0.25) is 4.79 Å². The number of hydrogen-bond donors (Lipinski definition) is 1. The smallest absolute Gasteiger partial charge is 0.274 e. The molecule has 0 radical (unpaired) electrons. The molecule has 3 rings (SSSR count). The first kappa shape index (κ1) is 17.5. The number of nitrogens with zero attached hydrogens (tertiary/aromatic N) is 3. The zero-order chi connectivity index (χ0) is 17.8. The average Bonchev–Trinajstić information content (AvgIpc) is 2.62. The van der Waals surface area contributed by atoms with Crippen molar-refractivity contribution in [1.82, 2.24) is 9.97 Å². The monoisotopic (exact) mass is 360 g/mol. The van der Waals surface area contributed by atoms with Crippen LogP contribution in [0.5, 0.6) is 5.75 Å². The molecular formula is C18H21ClN4O2. The second-order valence-electron chi connectivity index (χ2n) is 6.23. The SMILES string of the molecule is COc1ccc(Cl)cc1NC(=O)c1ccnc(N2CCCC(C)C2)n1. The average molecular weight is 361 g/mol. The van der Waals surface area contributed by atoms with Crippen molar-refractivity contribution < 1.29 is 9.53 Å². The van der Waals surface area contributed by atoms with Crippen molar-refractivity contribution in [3.8, 4) is 5.75 Å². The van der Waals surface area contributed by atoms with Crippen molar-refractivity contribution in [2.45, 2.75) is 19.8 Å². The van der Waals surface area contributed by atoms with Gasteiger partial charge in [-0.05, 0) is 43.0 Å². The highest BCUT2D eigenvalue weighted by molar-refractivity contribution is 6.31. The molecule has 2 aromatic rings. The molecule has 25 heavy (non-hydrogen) atoms. The molecule has 1 aromatic carbocycles. The number of carbonyl (C=O) groups is 1. The van der Waals surface area contributed by atoms with Gasteiger partial charge in [-0.1, -0.05) is 18.5 Å². The number of anilines is 2. The number of benzene rings is 1. The van der Waals surface area contributed by atoms with Gasteiger partial charge in [0.1, 0.15) is 11.4 Å². The Balaban J connectivity index is 1.79. The summed E-state index contributed by atoms with van der Waals surface area (Å²) < 4.78 is 5.25. The van der Waals surface area contributed by atoms with Crippen LogP contribution < -0.4 is 15.0 Å². The van der Waals surface area contributed by atoms with Crippen LogP contribution in [0.3, 0.4) is 0 Å². The summed E-state index contributed by atoms with van der Waals surface area (Å²) in [6, 6.07) is 6.66. The van der Waals surface area contributed by atoms with Gasteiger partial charge in [0.2, 0.25) is 5.95 Å². The van der Waals surface area contributed by atoms with E-state index in [1.54, 1.807) is 37.6 Å². The molecule has 0 spiro atoms. The second kappa shape index (κ2) is 7.70. The summed E-state index contributed by atoms with van der Waals surface area (Å²) in [5.41, 5.74) is 0.817. The van der Waals surface area contributed by atoms with Gasteiger partial charge >= 0.3 is 0 Å². The fourth-order valence-electron chi connectivity index (χ4n) is 2.96. The van der Waals surface area contributed by atoms with Crippen LogP contribution in [0.15, 0.2) is 30.5 Å². The lowest BCUT2D eigenvalue weighted by molar-refractivity contribution is 0.102. The maximum absolute atomic E-state index is 12.6. The minimum absolute atomic E-state index is 0.310. The molecule has 7 heteroatoms. The lowest BCUT2D eigenvalue weighted by Gasteiger charge is -2.30. The summed E-state index contributed by atoms with van der Waals surface area (Å²) >= 11 is 6.00. The maximum Gasteiger partial charge on any atom is 0.274 e. The Bertz CT molecular complexity index is 768. The predicted octanol–water partition coefficient (Wildman–Crippen LogP) is 3.63. The number of halogens is 1. The Morgan fingerprint density at radius 3 is 3.00 bits per heavy atom. The van der Waals surface area contributed by atoms with Gasteiger partial charge in [-0.2, -0.15) is 0 Å². The van der Waals surface area contributed by atoms with Crippen LogP contribution in [0.25, 0.3) is 0 Å².